The number of ether oxygens (including phenoxy) is 1. The normalized spacial score (nSPS) is 16.4. The molecule has 1 fully saturated rings. The molecule has 1 spiro atoms. The van der Waals surface area contributed by atoms with Crippen molar-refractivity contribution in [1.29, 1.82) is 0 Å². The number of carbonyl (C=O) groups is 1. The number of anilines is 2. The average molecular weight is 492 g/mol. The summed E-state index contributed by atoms with van der Waals surface area (Å²) in [5.41, 5.74) is 11.8. The number of hydrogen-bond acceptors (Lipinski definition) is 7. The Kier molecular flexibility index (Phi) is 6.13. The molecule has 1 aliphatic heterocycles. The molecular formula is C27H30ClN5O2. The van der Waals surface area contributed by atoms with E-state index in [0.29, 0.717) is 39.3 Å². The number of rotatable bonds is 4. The van der Waals surface area contributed by atoms with Gasteiger partial charge in [-0.05, 0) is 69.1 Å². The van der Waals surface area contributed by atoms with E-state index in [-0.39, 0.29) is 17.7 Å². The first-order chi connectivity index (χ1) is 16.8. The van der Waals surface area contributed by atoms with Crippen molar-refractivity contribution < 1.29 is 9.53 Å². The maximum absolute atomic E-state index is 13.0. The van der Waals surface area contributed by atoms with Crippen molar-refractivity contribution in [2.75, 3.05) is 30.3 Å². The summed E-state index contributed by atoms with van der Waals surface area (Å²) >= 11 is 6.55. The monoisotopic (exact) mass is 491 g/mol. The maximum Gasteiger partial charge on any atom is 0.360 e. The van der Waals surface area contributed by atoms with E-state index in [1.807, 2.05) is 6.92 Å². The van der Waals surface area contributed by atoms with Gasteiger partial charge in [0.2, 0.25) is 0 Å². The molecule has 1 aliphatic carbocycles. The molecule has 7 nitrogen and oxygen atoms in total. The highest BCUT2D eigenvalue weighted by Crippen LogP contribution is 2.45. The maximum atomic E-state index is 13.0. The zero-order chi connectivity index (χ0) is 24.7. The molecule has 182 valence electrons. The van der Waals surface area contributed by atoms with Crippen LogP contribution in [0, 0.1) is 19.3 Å². The number of aryl methyl sites for hydroxylation is 2. The zero-order valence-electron chi connectivity index (χ0n) is 20.4. The van der Waals surface area contributed by atoms with Crippen LogP contribution in [0.25, 0.3) is 11.3 Å². The minimum Gasteiger partial charge on any atom is -0.461 e. The van der Waals surface area contributed by atoms with Crippen LogP contribution in [0.2, 0.25) is 5.02 Å². The smallest absolute Gasteiger partial charge is 0.360 e. The third-order valence-corrected chi connectivity index (χ3v) is 7.77. The van der Waals surface area contributed by atoms with Gasteiger partial charge in [-0.25, -0.2) is 19.7 Å². The predicted molar refractivity (Wildman–Crippen MR) is 138 cm³/mol. The molecule has 2 aromatic heterocycles. The van der Waals surface area contributed by atoms with E-state index in [4.69, 9.17) is 32.0 Å². The van der Waals surface area contributed by atoms with E-state index < -0.39 is 5.97 Å². The van der Waals surface area contributed by atoms with Gasteiger partial charge in [0.1, 0.15) is 5.82 Å². The Morgan fingerprint density at radius 2 is 1.74 bits per heavy atom. The van der Waals surface area contributed by atoms with Crippen LogP contribution in [-0.4, -0.2) is 40.6 Å². The van der Waals surface area contributed by atoms with Gasteiger partial charge < -0.3 is 15.4 Å². The molecule has 3 aromatic rings. The van der Waals surface area contributed by atoms with Crippen LogP contribution in [0.1, 0.15) is 52.8 Å². The Bertz CT molecular complexity index is 1270. The van der Waals surface area contributed by atoms with Crippen LogP contribution in [-0.2, 0) is 17.6 Å². The van der Waals surface area contributed by atoms with Crippen molar-refractivity contribution in [2.24, 2.45) is 5.41 Å². The third kappa shape index (κ3) is 4.33. The Morgan fingerprint density at radius 1 is 1.09 bits per heavy atom. The second kappa shape index (κ2) is 9.11. The van der Waals surface area contributed by atoms with E-state index in [0.717, 1.165) is 38.8 Å². The van der Waals surface area contributed by atoms with Crippen molar-refractivity contribution in [2.45, 2.75) is 46.5 Å². The van der Waals surface area contributed by atoms with Crippen LogP contribution in [0.3, 0.4) is 0 Å². The number of piperidine rings is 1. The van der Waals surface area contributed by atoms with E-state index in [9.17, 15) is 4.79 Å². The van der Waals surface area contributed by atoms with Crippen LogP contribution in [0.4, 0.5) is 11.6 Å². The summed E-state index contributed by atoms with van der Waals surface area (Å²) in [7, 11) is 0. The second-order valence-corrected chi connectivity index (χ2v) is 10.0. The lowest BCUT2D eigenvalue weighted by Crippen LogP contribution is -2.42. The van der Waals surface area contributed by atoms with E-state index >= 15 is 0 Å². The highest BCUT2D eigenvalue weighted by Gasteiger charge is 2.40. The number of halogens is 1. The van der Waals surface area contributed by atoms with Crippen molar-refractivity contribution in [3.63, 3.8) is 0 Å². The van der Waals surface area contributed by atoms with Crippen LogP contribution in [0.5, 0.6) is 0 Å². The van der Waals surface area contributed by atoms with Gasteiger partial charge in [-0.15, -0.1) is 0 Å². The number of pyridine rings is 1. The molecule has 1 saturated heterocycles. The largest absolute Gasteiger partial charge is 0.461 e. The van der Waals surface area contributed by atoms with Crippen molar-refractivity contribution in [3.05, 3.63) is 63.6 Å². The molecule has 35 heavy (non-hydrogen) atoms. The SMILES string of the molecule is CCOC(=O)c1nc(-c2cc(N)nc(C)c2Cl)c(C)nc1N1CCC2(CC1)Cc1ccccc1C2. The first-order valence-corrected chi connectivity index (χ1v) is 12.5. The molecule has 0 unspecified atom stereocenters. The van der Waals surface area contributed by atoms with Crippen molar-refractivity contribution in [3.8, 4) is 11.3 Å². The fraction of sp³-hybridized carbons (Fsp3) is 0.407. The molecule has 3 heterocycles. The lowest BCUT2D eigenvalue weighted by atomic mass is 9.76. The molecule has 0 bridgehead atoms. The van der Waals surface area contributed by atoms with E-state index in [2.05, 4.69) is 34.1 Å². The molecule has 0 saturated carbocycles. The Labute approximate surface area is 210 Å². The summed E-state index contributed by atoms with van der Waals surface area (Å²) in [6.45, 7) is 7.34. The first kappa shape index (κ1) is 23.5. The van der Waals surface area contributed by atoms with Crippen LogP contribution < -0.4 is 10.6 Å². The van der Waals surface area contributed by atoms with Gasteiger partial charge in [-0.3, -0.25) is 0 Å². The summed E-state index contributed by atoms with van der Waals surface area (Å²) in [6, 6.07) is 10.4. The highest BCUT2D eigenvalue weighted by molar-refractivity contribution is 6.34. The first-order valence-electron chi connectivity index (χ1n) is 12.1. The van der Waals surface area contributed by atoms with Gasteiger partial charge in [0.15, 0.2) is 11.5 Å². The summed E-state index contributed by atoms with van der Waals surface area (Å²) in [5.74, 6) is 0.424. The quantitative estimate of drug-likeness (QED) is 0.516. The molecule has 0 radical (unpaired) electrons. The molecule has 0 amide bonds. The van der Waals surface area contributed by atoms with Gasteiger partial charge in [-0.2, -0.15) is 0 Å². The number of carbonyl (C=O) groups excluding carboxylic acids is 1. The van der Waals surface area contributed by atoms with E-state index in [1.54, 1.807) is 19.9 Å². The number of aromatic nitrogens is 3. The van der Waals surface area contributed by atoms with Crippen molar-refractivity contribution >= 4 is 29.2 Å². The Balaban J connectivity index is 1.48. The lowest BCUT2D eigenvalue weighted by Gasteiger charge is -2.40. The average Bonchev–Trinajstić information content (AvgIpc) is 3.19. The van der Waals surface area contributed by atoms with Gasteiger partial charge in [-0.1, -0.05) is 35.9 Å². The number of benzene rings is 1. The molecular weight excluding hydrogens is 462 g/mol. The molecule has 2 aliphatic rings. The summed E-state index contributed by atoms with van der Waals surface area (Å²) in [5, 5.41) is 0.444. The summed E-state index contributed by atoms with van der Waals surface area (Å²) in [4.78, 5) is 29.0. The molecule has 2 N–H and O–H groups in total. The van der Waals surface area contributed by atoms with Crippen molar-refractivity contribution in [1.82, 2.24) is 15.0 Å². The number of hydrogen-bond donors (Lipinski definition) is 1. The summed E-state index contributed by atoms with van der Waals surface area (Å²) in [6.07, 6.45) is 4.32. The molecule has 8 heteroatoms. The zero-order valence-corrected chi connectivity index (χ0v) is 21.2. The van der Waals surface area contributed by atoms with Crippen LogP contribution >= 0.6 is 11.6 Å². The second-order valence-electron chi connectivity index (χ2n) is 9.65. The number of esters is 1. The number of nitrogens with zero attached hydrogens (tertiary/aromatic N) is 4. The highest BCUT2D eigenvalue weighted by atomic mass is 35.5. The summed E-state index contributed by atoms with van der Waals surface area (Å²) < 4.78 is 5.37. The van der Waals surface area contributed by atoms with E-state index in [1.165, 1.54) is 11.1 Å². The van der Waals surface area contributed by atoms with Gasteiger partial charge >= 0.3 is 5.97 Å². The Hall–Kier alpha value is -3.19. The third-order valence-electron chi connectivity index (χ3n) is 7.29. The molecule has 5 rings (SSSR count). The lowest BCUT2D eigenvalue weighted by molar-refractivity contribution is 0.0519. The minimum absolute atomic E-state index is 0.210. The number of fused-ring (bicyclic) bond motifs is 1. The molecule has 0 atom stereocenters. The number of nitrogen functional groups attached to an aromatic ring is 1. The minimum atomic E-state index is -0.486. The predicted octanol–water partition coefficient (Wildman–Crippen LogP) is 4.95. The van der Waals surface area contributed by atoms with Gasteiger partial charge in [0.25, 0.3) is 0 Å². The fourth-order valence-electron chi connectivity index (χ4n) is 5.49. The number of nitrogens with two attached hydrogens (primary N) is 1. The molecule has 1 aromatic carbocycles. The van der Waals surface area contributed by atoms with Gasteiger partial charge in [0.05, 0.1) is 28.7 Å². The standard InChI is InChI=1S/C27H30ClN5O2/c1-4-35-26(34)24-25(31-17(3)23(32-24)20-13-21(29)30-16(2)22(20)28)33-11-9-27(10-12-33)14-18-7-5-6-8-19(18)15-27/h5-8,13H,4,9-12,14-15H2,1-3H3,(H2,29,30). The Morgan fingerprint density at radius 3 is 2.37 bits per heavy atom. The topological polar surface area (TPSA) is 94.2 Å². The van der Waals surface area contributed by atoms with Crippen LogP contribution in [0.15, 0.2) is 30.3 Å². The fourth-order valence-corrected chi connectivity index (χ4v) is 5.68. The van der Waals surface area contributed by atoms with Gasteiger partial charge in [0, 0.05) is 18.7 Å².